The minimum Gasteiger partial charge on any atom is -0.463 e. The van der Waals surface area contributed by atoms with Gasteiger partial charge in [0.1, 0.15) is 11.1 Å². The van der Waals surface area contributed by atoms with Gasteiger partial charge < -0.3 is 14.2 Å². The maximum absolute atomic E-state index is 14.2. The molecule has 10 heteroatoms. The van der Waals surface area contributed by atoms with Gasteiger partial charge in [0.15, 0.2) is 4.80 Å². The van der Waals surface area contributed by atoms with E-state index in [1.54, 1.807) is 29.8 Å². The van der Waals surface area contributed by atoms with E-state index in [9.17, 15) is 14.9 Å². The average Bonchev–Trinajstić information content (AvgIpc) is 3.61. The van der Waals surface area contributed by atoms with E-state index < -0.39 is 12.0 Å². The maximum Gasteiger partial charge on any atom is 0.338 e. The Hall–Kier alpha value is -4.20. The number of rotatable bonds is 6. The van der Waals surface area contributed by atoms with Gasteiger partial charge in [-0.15, -0.1) is 11.3 Å². The molecule has 4 aromatic rings. The van der Waals surface area contributed by atoms with Crippen molar-refractivity contribution < 1.29 is 9.53 Å². The summed E-state index contributed by atoms with van der Waals surface area (Å²) in [5, 5.41) is 11.1. The molecule has 3 aromatic heterocycles. The van der Waals surface area contributed by atoms with Crippen LogP contribution >= 0.6 is 22.7 Å². The summed E-state index contributed by atoms with van der Waals surface area (Å²) in [5.74, 6) is -0.472. The molecule has 0 unspecified atom stereocenters. The zero-order chi connectivity index (χ0) is 31.3. The molecule has 8 nitrogen and oxygen atoms in total. The Kier molecular flexibility index (Phi) is 7.95. The number of ether oxygens (including phenoxy) is 1. The highest BCUT2D eigenvalue weighted by molar-refractivity contribution is 7.15. The van der Waals surface area contributed by atoms with Crippen molar-refractivity contribution >= 4 is 40.4 Å². The average molecular weight is 626 g/mol. The Labute approximate surface area is 264 Å². The van der Waals surface area contributed by atoms with Crippen LogP contribution in [0.15, 0.2) is 51.4 Å². The van der Waals surface area contributed by atoms with Crippen LogP contribution in [0.1, 0.15) is 71.2 Å². The van der Waals surface area contributed by atoms with E-state index in [1.165, 1.54) is 21.8 Å². The molecule has 1 aliphatic carbocycles. The Balaban J connectivity index is 1.50. The summed E-state index contributed by atoms with van der Waals surface area (Å²) < 4.78 is 9.75. The van der Waals surface area contributed by atoms with Gasteiger partial charge in [-0.3, -0.25) is 9.36 Å². The van der Waals surface area contributed by atoms with Crippen LogP contribution in [0.25, 0.3) is 11.1 Å². The lowest BCUT2D eigenvalue weighted by atomic mass is 9.95. The third-order valence-electron chi connectivity index (χ3n) is 8.47. The van der Waals surface area contributed by atoms with E-state index in [1.807, 2.05) is 63.2 Å². The number of anilines is 1. The van der Waals surface area contributed by atoms with Crippen LogP contribution in [0.5, 0.6) is 0 Å². The number of allylic oxidation sites excluding steroid dienone is 1. The highest BCUT2D eigenvalue weighted by Gasteiger charge is 2.33. The number of carbonyl (C=O) groups is 1. The maximum atomic E-state index is 14.2. The molecule has 0 amide bonds. The molecule has 226 valence electrons. The van der Waals surface area contributed by atoms with E-state index in [0.29, 0.717) is 20.6 Å². The summed E-state index contributed by atoms with van der Waals surface area (Å²) >= 11 is 3.03. The van der Waals surface area contributed by atoms with Gasteiger partial charge in [0.05, 0.1) is 34.0 Å². The predicted molar refractivity (Wildman–Crippen MR) is 176 cm³/mol. The number of aromatic nitrogens is 2. The SMILES string of the molecule is CCOC(=O)C1=C(C)N=c2s/c(=C/c3cc(C)n(-c4sc5c(c4C#N)CCCC5)c3C)c(=O)n2[C@H]1c1ccc(N(C)C)cc1. The molecule has 0 bridgehead atoms. The fourth-order valence-corrected chi connectivity index (χ4v) is 8.76. The lowest BCUT2D eigenvalue weighted by Crippen LogP contribution is -2.40. The number of carbonyl (C=O) groups excluding carboxylic acids is 1. The molecular weight excluding hydrogens is 591 g/mol. The summed E-state index contributed by atoms with van der Waals surface area (Å²) in [7, 11) is 3.94. The lowest BCUT2D eigenvalue weighted by Gasteiger charge is -2.25. The largest absolute Gasteiger partial charge is 0.463 e. The number of aryl methyl sites for hydroxylation is 2. The third kappa shape index (κ3) is 4.94. The molecule has 0 spiro atoms. The number of nitriles is 1. The van der Waals surface area contributed by atoms with Crippen molar-refractivity contribution in [1.29, 1.82) is 5.26 Å². The van der Waals surface area contributed by atoms with Gasteiger partial charge in [-0.25, -0.2) is 9.79 Å². The number of nitrogens with zero attached hydrogens (tertiary/aromatic N) is 5. The first kappa shape index (κ1) is 29.9. The van der Waals surface area contributed by atoms with Crippen LogP contribution < -0.4 is 19.8 Å². The highest BCUT2D eigenvalue weighted by atomic mass is 32.1. The third-order valence-corrected chi connectivity index (χ3v) is 10.7. The molecule has 0 radical (unpaired) electrons. The first-order valence-electron chi connectivity index (χ1n) is 14.9. The van der Waals surface area contributed by atoms with Crippen molar-refractivity contribution in [3.05, 3.63) is 99.8 Å². The van der Waals surface area contributed by atoms with Crippen LogP contribution in [-0.4, -0.2) is 35.8 Å². The van der Waals surface area contributed by atoms with Crippen LogP contribution in [0.3, 0.4) is 0 Å². The predicted octanol–water partition coefficient (Wildman–Crippen LogP) is 5.08. The highest BCUT2D eigenvalue weighted by Crippen LogP contribution is 2.38. The zero-order valence-corrected chi connectivity index (χ0v) is 27.5. The van der Waals surface area contributed by atoms with Crippen molar-refractivity contribution in [1.82, 2.24) is 9.13 Å². The second-order valence-corrected chi connectivity index (χ2v) is 13.5. The van der Waals surface area contributed by atoms with Crippen LogP contribution in [0, 0.1) is 25.2 Å². The monoisotopic (exact) mass is 625 g/mol. The minimum atomic E-state index is -0.660. The smallest absolute Gasteiger partial charge is 0.338 e. The van der Waals surface area contributed by atoms with Gasteiger partial charge in [0.2, 0.25) is 0 Å². The van der Waals surface area contributed by atoms with Crippen LogP contribution in [-0.2, 0) is 22.4 Å². The van der Waals surface area contributed by atoms with E-state index in [0.717, 1.165) is 64.4 Å². The molecule has 1 aliphatic heterocycles. The van der Waals surface area contributed by atoms with Crippen molar-refractivity contribution in [2.45, 2.75) is 59.4 Å². The molecular formula is C34H35N5O3S2. The molecule has 0 saturated heterocycles. The number of hydrogen-bond donors (Lipinski definition) is 0. The number of thiazole rings is 1. The summed E-state index contributed by atoms with van der Waals surface area (Å²) in [6, 6.07) is 11.8. The van der Waals surface area contributed by atoms with Gasteiger partial charge in [-0.1, -0.05) is 23.5 Å². The Morgan fingerprint density at radius 3 is 2.57 bits per heavy atom. The summed E-state index contributed by atoms with van der Waals surface area (Å²) in [4.78, 5) is 36.0. The molecule has 1 aromatic carbocycles. The molecule has 0 saturated carbocycles. The van der Waals surface area contributed by atoms with E-state index in [-0.39, 0.29) is 12.2 Å². The quantitative estimate of drug-likeness (QED) is 0.279. The van der Waals surface area contributed by atoms with E-state index in [2.05, 4.69) is 16.7 Å². The molecule has 44 heavy (non-hydrogen) atoms. The Morgan fingerprint density at radius 1 is 1.16 bits per heavy atom. The molecule has 6 rings (SSSR count). The van der Waals surface area contributed by atoms with E-state index >= 15 is 0 Å². The fraction of sp³-hybridized carbons (Fsp3) is 0.353. The second kappa shape index (κ2) is 11.7. The van der Waals surface area contributed by atoms with Gasteiger partial charge in [-0.05, 0) is 94.3 Å². The fourth-order valence-electron chi connectivity index (χ4n) is 6.27. The first-order valence-corrected chi connectivity index (χ1v) is 16.5. The first-order chi connectivity index (χ1) is 21.1. The Morgan fingerprint density at radius 2 is 1.89 bits per heavy atom. The van der Waals surface area contributed by atoms with Crippen LogP contribution in [0.2, 0.25) is 0 Å². The van der Waals surface area contributed by atoms with Gasteiger partial charge in [-0.2, -0.15) is 5.26 Å². The number of benzene rings is 1. The van der Waals surface area contributed by atoms with Crippen LogP contribution in [0.4, 0.5) is 5.69 Å². The number of fused-ring (bicyclic) bond motifs is 2. The molecule has 0 N–H and O–H groups in total. The normalized spacial score (nSPS) is 16.3. The summed E-state index contributed by atoms with van der Waals surface area (Å²) in [6.07, 6.45) is 6.16. The van der Waals surface area contributed by atoms with Gasteiger partial charge >= 0.3 is 5.97 Å². The van der Waals surface area contributed by atoms with Crippen molar-refractivity contribution in [3.63, 3.8) is 0 Å². The van der Waals surface area contributed by atoms with Crippen molar-refractivity contribution in [3.8, 4) is 11.1 Å². The molecule has 2 aliphatic rings. The van der Waals surface area contributed by atoms with Gasteiger partial charge in [0, 0.05) is 36.0 Å². The summed E-state index contributed by atoms with van der Waals surface area (Å²) in [5.41, 5.74) is 7.40. The Bertz CT molecular complexity index is 2050. The molecule has 0 fully saturated rings. The summed E-state index contributed by atoms with van der Waals surface area (Å²) in [6.45, 7) is 7.87. The van der Waals surface area contributed by atoms with Crippen molar-refractivity contribution in [2.24, 2.45) is 4.99 Å². The lowest BCUT2D eigenvalue weighted by molar-refractivity contribution is -0.139. The number of hydrogen-bond acceptors (Lipinski definition) is 8. The second-order valence-electron chi connectivity index (χ2n) is 11.5. The standard InChI is InChI=1S/C34H35N5O3S2/c1-7-42-33(41)29-20(3)36-34-39(30(29)22-12-14-24(15-13-22)37(5)6)31(40)28(44-34)17-23-16-19(2)38(21(23)4)32-26(18-35)25-10-8-9-11-27(25)43-32/h12-17,30H,7-11H2,1-6H3/b28-17+/t30-/m0/s1. The zero-order valence-electron chi connectivity index (χ0n) is 25.9. The van der Waals surface area contributed by atoms with Gasteiger partial charge in [0.25, 0.3) is 5.56 Å². The molecule has 1 atom stereocenters. The molecule has 4 heterocycles. The number of esters is 1. The minimum absolute atomic E-state index is 0.209. The topological polar surface area (TPSA) is 92.6 Å². The van der Waals surface area contributed by atoms with E-state index in [4.69, 9.17) is 9.73 Å². The van der Waals surface area contributed by atoms with Crippen molar-refractivity contribution in [2.75, 3.05) is 25.6 Å². The number of thiophene rings is 1.